The predicted molar refractivity (Wildman–Crippen MR) is 72.6 cm³/mol. The van der Waals surface area contributed by atoms with Gasteiger partial charge in [0.1, 0.15) is 11.6 Å². The molecule has 0 bridgehead atoms. The minimum Gasteiger partial charge on any atom is -0.329 e. The molecule has 1 aromatic carbocycles. The summed E-state index contributed by atoms with van der Waals surface area (Å²) in [6.07, 6.45) is 6.19. The molecule has 1 saturated carbocycles. The van der Waals surface area contributed by atoms with E-state index in [-0.39, 0.29) is 10.8 Å². The average molecular weight is 280 g/mol. The minimum absolute atomic E-state index is 0.157. The number of halogens is 2. The van der Waals surface area contributed by atoms with Crippen molar-refractivity contribution >= 4 is 11.6 Å². The maximum absolute atomic E-state index is 13.4. The van der Waals surface area contributed by atoms with E-state index in [9.17, 15) is 4.39 Å². The summed E-state index contributed by atoms with van der Waals surface area (Å²) in [5, 5.41) is 3.58. The maximum atomic E-state index is 13.4. The molecule has 1 aliphatic rings. The molecule has 0 amide bonds. The Labute approximate surface area is 116 Å². The molecular weight excluding hydrogens is 265 g/mol. The summed E-state index contributed by atoms with van der Waals surface area (Å²) >= 11 is 5.68. The lowest BCUT2D eigenvalue weighted by molar-refractivity contribution is 0.609. The van der Waals surface area contributed by atoms with Crippen LogP contribution in [0, 0.1) is 5.82 Å². The summed E-state index contributed by atoms with van der Waals surface area (Å²) < 4.78 is 15.4. The molecule has 1 aliphatic carbocycles. The minimum atomic E-state index is -0.378. The molecule has 0 saturated heterocycles. The molecule has 3 rings (SSSR count). The van der Waals surface area contributed by atoms with E-state index < -0.39 is 0 Å². The Morgan fingerprint density at radius 2 is 2.26 bits per heavy atom. The van der Waals surface area contributed by atoms with Crippen LogP contribution in [-0.4, -0.2) is 15.6 Å². The normalized spacial score (nSPS) is 14.8. The van der Waals surface area contributed by atoms with Crippen LogP contribution in [0.4, 0.5) is 4.39 Å². The molecule has 1 N–H and O–H groups in total. The SMILES string of the molecule is Fc1cc(Cn2ccnc2CNC2CC2)ccc1Cl. The van der Waals surface area contributed by atoms with Crippen LogP contribution in [0.3, 0.4) is 0 Å². The van der Waals surface area contributed by atoms with Gasteiger partial charge in [0, 0.05) is 25.0 Å². The number of hydrogen-bond donors (Lipinski definition) is 1. The van der Waals surface area contributed by atoms with E-state index in [1.54, 1.807) is 12.3 Å². The van der Waals surface area contributed by atoms with Gasteiger partial charge >= 0.3 is 0 Å². The van der Waals surface area contributed by atoms with E-state index in [1.807, 2.05) is 16.8 Å². The Hall–Kier alpha value is -1.39. The van der Waals surface area contributed by atoms with Gasteiger partial charge in [-0.15, -0.1) is 0 Å². The van der Waals surface area contributed by atoms with Gasteiger partial charge in [0.2, 0.25) is 0 Å². The molecule has 1 heterocycles. The third-order valence-corrected chi connectivity index (χ3v) is 3.57. The topological polar surface area (TPSA) is 29.9 Å². The van der Waals surface area contributed by atoms with Crippen LogP contribution in [0.5, 0.6) is 0 Å². The molecule has 5 heteroatoms. The Kier molecular flexibility index (Phi) is 3.53. The lowest BCUT2D eigenvalue weighted by Gasteiger charge is -2.09. The third kappa shape index (κ3) is 3.14. The highest BCUT2D eigenvalue weighted by atomic mass is 35.5. The second-order valence-electron chi connectivity index (χ2n) is 4.88. The zero-order valence-corrected chi connectivity index (χ0v) is 11.2. The Morgan fingerprint density at radius 1 is 1.42 bits per heavy atom. The summed E-state index contributed by atoms with van der Waals surface area (Å²) in [5.74, 6) is 0.596. The Morgan fingerprint density at radius 3 is 3.00 bits per heavy atom. The zero-order chi connectivity index (χ0) is 13.2. The van der Waals surface area contributed by atoms with Gasteiger partial charge in [0.15, 0.2) is 0 Å². The maximum Gasteiger partial charge on any atom is 0.142 e. The van der Waals surface area contributed by atoms with E-state index in [2.05, 4.69) is 10.3 Å². The van der Waals surface area contributed by atoms with Crippen LogP contribution in [0.15, 0.2) is 30.6 Å². The van der Waals surface area contributed by atoms with Crippen LogP contribution in [0.2, 0.25) is 5.02 Å². The lowest BCUT2D eigenvalue weighted by atomic mass is 10.2. The van der Waals surface area contributed by atoms with Crippen LogP contribution < -0.4 is 5.32 Å². The summed E-state index contributed by atoms with van der Waals surface area (Å²) in [6, 6.07) is 5.55. The first-order valence-electron chi connectivity index (χ1n) is 6.40. The fourth-order valence-electron chi connectivity index (χ4n) is 2.01. The summed E-state index contributed by atoms with van der Waals surface area (Å²) in [7, 11) is 0. The van der Waals surface area contributed by atoms with Gasteiger partial charge < -0.3 is 9.88 Å². The van der Waals surface area contributed by atoms with Crippen molar-refractivity contribution in [1.29, 1.82) is 0 Å². The highest BCUT2D eigenvalue weighted by molar-refractivity contribution is 6.30. The fraction of sp³-hybridized carbons (Fsp3) is 0.357. The summed E-state index contributed by atoms with van der Waals surface area (Å²) in [4.78, 5) is 4.33. The predicted octanol–water partition coefficient (Wildman–Crippen LogP) is 2.98. The standard InChI is InChI=1S/C14H15ClFN3/c15-12-4-1-10(7-13(12)16)9-19-6-5-17-14(19)8-18-11-2-3-11/h1,4-7,11,18H,2-3,8-9H2. The van der Waals surface area contributed by atoms with Crippen molar-refractivity contribution in [1.82, 2.24) is 14.9 Å². The highest BCUT2D eigenvalue weighted by Crippen LogP contribution is 2.19. The van der Waals surface area contributed by atoms with Gasteiger partial charge in [-0.25, -0.2) is 9.37 Å². The molecule has 0 unspecified atom stereocenters. The molecular formula is C14H15ClFN3. The number of imidazole rings is 1. The molecule has 1 fully saturated rings. The first kappa shape index (κ1) is 12.6. The molecule has 0 spiro atoms. The van der Waals surface area contributed by atoms with Crippen LogP contribution in [0.25, 0.3) is 0 Å². The molecule has 100 valence electrons. The van der Waals surface area contributed by atoms with Crippen LogP contribution >= 0.6 is 11.6 Å². The van der Waals surface area contributed by atoms with Crippen LogP contribution in [-0.2, 0) is 13.1 Å². The van der Waals surface area contributed by atoms with E-state index in [0.717, 1.165) is 17.9 Å². The third-order valence-electron chi connectivity index (χ3n) is 3.26. The molecule has 0 atom stereocenters. The molecule has 0 radical (unpaired) electrons. The van der Waals surface area contributed by atoms with Crippen molar-refractivity contribution in [2.24, 2.45) is 0 Å². The van der Waals surface area contributed by atoms with Crippen molar-refractivity contribution in [2.45, 2.75) is 32.0 Å². The number of nitrogens with one attached hydrogen (secondary N) is 1. The van der Waals surface area contributed by atoms with Gasteiger partial charge in [-0.1, -0.05) is 17.7 Å². The molecule has 19 heavy (non-hydrogen) atoms. The first-order valence-corrected chi connectivity index (χ1v) is 6.77. The smallest absolute Gasteiger partial charge is 0.142 e. The first-order chi connectivity index (χ1) is 9.22. The van der Waals surface area contributed by atoms with Crippen molar-refractivity contribution < 1.29 is 4.39 Å². The van der Waals surface area contributed by atoms with Crippen molar-refractivity contribution in [3.63, 3.8) is 0 Å². The molecule has 0 aliphatic heterocycles. The van der Waals surface area contributed by atoms with Crippen molar-refractivity contribution in [2.75, 3.05) is 0 Å². The van der Waals surface area contributed by atoms with Gasteiger partial charge in [-0.2, -0.15) is 0 Å². The van der Waals surface area contributed by atoms with Gasteiger partial charge in [0.25, 0.3) is 0 Å². The van der Waals surface area contributed by atoms with E-state index in [4.69, 9.17) is 11.6 Å². The van der Waals surface area contributed by atoms with Gasteiger partial charge in [-0.05, 0) is 30.5 Å². The van der Waals surface area contributed by atoms with E-state index >= 15 is 0 Å². The van der Waals surface area contributed by atoms with Crippen molar-refractivity contribution in [3.05, 3.63) is 52.8 Å². The number of benzene rings is 1. The average Bonchev–Trinajstić information content (AvgIpc) is 3.12. The monoisotopic (exact) mass is 279 g/mol. The van der Waals surface area contributed by atoms with Crippen LogP contribution in [0.1, 0.15) is 24.2 Å². The summed E-state index contributed by atoms with van der Waals surface area (Å²) in [6.45, 7) is 1.36. The second kappa shape index (κ2) is 5.31. The fourth-order valence-corrected chi connectivity index (χ4v) is 2.13. The van der Waals surface area contributed by atoms with Gasteiger partial charge in [0.05, 0.1) is 11.6 Å². The number of rotatable bonds is 5. The largest absolute Gasteiger partial charge is 0.329 e. The van der Waals surface area contributed by atoms with E-state index in [1.165, 1.54) is 18.9 Å². The number of aromatic nitrogens is 2. The molecule has 3 nitrogen and oxygen atoms in total. The number of nitrogens with zero attached hydrogens (tertiary/aromatic N) is 2. The quantitative estimate of drug-likeness (QED) is 0.912. The van der Waals surface area contributed by atoms with E-state index in [0.29, 0.717) is 12.6 Å². The Balaban J connectivity index is 1.71. The highest BCUT2D eigenvalue weighted by Gasteiger charge is 2.20. The molecule has 2 aromatic rings. The molecule has 1 aromatic heterocycles. The zero-order valence-electron chi connectivity index (χ0n) is 10.4. The van der Waals surface area contributed by atoms with Crippen molar-refractivity contribution in [3.8, 4) is 0 Å². The number of hydrogen-bond acceptors (Lipinski definition) is 2. The Bertz CT molecular complexity index is 578. The summed E-state index contributed by atoms with van der Waals surface area (Å²) in [5.41, 5.74) is 0.882. The van der Waals surface area contributed by atoms with Gasteiger partial charge in [-0.3, -0.25) is 0 Å². The lowest BCUT2D eigenvalue weighted by Crippen LogP contribution is -2.19. The second-order valence-corrected chi connectivity index (χ2v) is 5.28.